The van der Waals surface area contributed by atoms with E-state index in [2.05, 4.69) is 16.7 Å². The molecule has 0 amide bonds. The highest BCUT2D eigenvalue weighted by molar-refractivity contribution is 5.16. The number of aryl methyl sites for hydroxylation is 4. The van der Waals surface area contributed by atoms with Crippen molar-refractivity contribution in [1.82, 2.24) is 9.97 Å². The molecule has 13 heavy (non-hydrogen) atoms. The van der Waals surface area contributed by atoms with E-state index in [9.17, 15) is 0 Å². The van der Waals surface area contributed by atoms with Gasteiger partial charge in [-0.15, -0.1) is 0 Å². The maximum absolute atomic E-state index is 8.57. The van der Waals surface area contributed by atoms with Crippen molar-refractivity contribution in [3.63, 3.8) is 0 Å². The molecule has 1 N–H and O–H groups in total. The molecule has 0 radical (unpaired) electrons. The van der Waals surface area contributed by atoms with Gasteiger partial charge in [0.25, 0.3) is 0 Å². The molecule has 1 aromatic heterocycles. The zero-order chi connectivity index (χ0) is 10.4. The number of nitrogens with one attached hydrogen (secondary N) is 1. The van der Waals surface area contributed by atoms with Crippen molar-refractivity contribution in [2.24, 2.45) is 0 Å². The molecule has 1 rings (SSSR count). The van der Waals surface area contributed by atoms with Gasteiger partial charge >= 0.3 is 0 Å². The lowest BCUT2D eigenvalue weighted by Crippen LogP contribution is -2.56. The third kappa shape index (κ3) is 3.64. The molecule has 0 saturated carbocycles. The van der Waals surface area contributed by atoms with E-state index in [0.717, 1.165) is 22.8 Å². The smallest absolute Gasteiger partial charge is 0.136 e. The Morgan fingerprint density at radius 3 is 1.23 bits per heavy atom. The average molecular weight is 181 g/mol. The van der Waals surface area contributed by atoms with E-state index in [0.29, 0.717) is 0 Å². The topological polar surface area (TPSA) is 62.8 Å². The molecule has 4 nitrogen and oxygen atoms in total. The highest BCUT2D eigenvalue weighted by Gasteiger charge is 1.98. The van der Waals surface area contributed by atoms with Crippen molar-refractivity contribution in [1.29, 1.82) is 0 Å². The first-order valence-corrected chi connectivity index (χ1v) is 3.95. The van der Waals surface area contributed by atoms with Crippen LogP contribution >= 0.6 is 0 Å². The fourth-order valence-corrected chi connectivity index (χ4v) is 0.827. The van der Waals surface area contributed by atoms with Crippen LogP contribution in [0.1, 0.15) is 22.8 Å². The van der Waals surface area contributed by atoms with E-state index in [4.69, 9.17) is 5.21 Å². The lowest BCUT2D eigenvalue weighted by Gasteiger charge is -2.01. The van der Waals surface area contributed by atoms with Crippen LogP contribution in [0.2, 0.25) is 0 Å². The van der Waals surface area contributed by atoms with E-state index in [1.807, 2.05) is 27.7 Å². The molecule has 4 heteroatoms. The Kier molecular flexibility index (Phi) is 4.66. The molecule has 0 atom stereocenters. The molecule has 0 aliphatic rings. The molecular formula is C9H15N3O. The molecule has 0 spiro atoms. The Bertz CT molecular complexity index is 247. The van der Waals surface area contributed by atoms with Crippen molar-refractivity contribution in [2.75, 3.05) is 0 Å². The van der Waals surface area contributed by atoms with Crippen LogP contribution in [-0.2, 0) is 0 Å². The van der Waals surface area contributed by atoms with Crippen LogP contribution in [-0.4, -0.2) is 16.7 Å². The van der Waals surface area contributed by atoms with Crippen molar-refractivity contribution < 1.29 is 5.16 Å². The second-order valence-corrected chi connectivity index (χ2v) is 2.71. The summed E-state index contributed by atoms with van der Waals surface area (Å²) < 4.78 is 0. The van der Waals surface area contributed by atoms with Crippen LogP contribution in [0.4, 0.5) is 0 Å². The molecule has 0 bridgehead atoms. The van der Waals surface area contributed by atoms with Gasteiger partial charge in [-0.25, -0.2) is 5.16 Å². The predicted molar refractivity (Wildman–Crippen MR) is 52.4 cm³/mol. The van der Waals surface area contributed by atoms with Crippen molar-refractivity contribution in [3.8, 4) is 0 Å². The second-order valence-electron chi connectivity index (χ2n) is 2.71. The van der Waals surface area contributed by atoms with Gasteiger partial charge < -0.3 is 5.21 Å². The van der Waals surface area contributed by atoms with Gasteiger partial charge in [0, 0.05) is 0 Å². The van der Waals surface area contributed by atoms with Crippen molar-refractivity contribution in [2.45, 2.75) is 27.7 Å². The average Bonchev–Trinajstić information content (AvgIpc) is 2.03. The van der Waals surface area contributed by atoms with Gasteiger partial charge in [0.15, 0.2) is 0 Å². The zero-order valence-corrected chi connectivity index (χ0v) is 8.51. The fraction of sp³-hybridized carbons (Fsp3) is 0.444. The summed E-state index contributed by atoms with van der Waals surface area (Å²) in [5.74, 6) is 0. The lowest BCUT2D eigenvalue weighted by molar-refractivity contribution is -0.361. The largest absolute Gasteiger partial charge is 0.626 e. The summed E-state index contributed by atoms with van der Waals surface area (Å²) in [5, 5.41) is 9.82. The lowest BCUT2D eigenvalue weighted by atomic mass is 10.3. The van der Waals surface area contributed by atoms with Crippen LogP contribution in [0, 0.1) is 32.9 Å². The molecule has 0 saturated heterocycles. The summed E-state index contributed by atoms with van der Waals surface area (Å²) in [6.45, 7) is 10.6. The maximum Gasteiger partial charge on any atom is 0.136 e. The standard InChI is InChI=1S/C8H12N2.CH3NO/c1-5-6(2)10-8(4)7(3)9-5;1-2-3/h1-4H3;2H,1H2. The van der Waals surface area contributed by atoms with E-state index in [1.165, 1.54) is 5.16 Å². The minimum absolute atomic E-state index is 1.03. The molecule has 1 aromatic rings. The SMILES string of the molecule is C=[NH+][O-].Cc1nc(C)c(C)nc1C. The van der Waals surface area contributed by atoms with E-state index in [1.54, 1.807) is 0 Å². The van der Waals surface area contributed by atoms with Gasteiger partial charge in [-0.05, 0) is 27.7 Å². The number of rotatable bonds is 0. The summed E-state index contributed by atoms with van der Waals surface area (Å²) in [6, 6.07) is 0. The van der Waals surface area contributed by atoms with Crippen LogP contribution in [0.15, 0.2) is 0 Å². The summed E-state index contributed by atoms with van der Waals surface area (Å²) in [7, 11) is 0. The highest BCUT2D eigenvalue weighted by Crippen LogP contribution is 2.04. The van der Waals surface area contributed by atoms with Crippen LogP contribution in [0.3, 0.4) is 0 Å². The molecule has 0 aliphatic carbocycles. The van der Waals surface area contributed by atoms with E-state index >= 15 is 0 Å². The Morgan fingerprint density at radius 1 is 0.923 bits per heavy atom. The summed E-state index contributed by atoms with van der Waals surface area (Å²) >= 11 is 0. The molecule has 0 unspecified atom stereocenters. The quantitative estimate of drug-likeness (QED) is 0.347. The van der Waals surface area contributed by atoms with Gasteiger partial charge in [-0.3, -0.25) is 9.97 Å². The maximum atomic E-state index is 8.57. The van der Waals surface area contributed by atoms with Gasteiger partial charge in [-0.2, -0.15) is 0 Å². The first-order valence-electron chi connectivity index (χ1n) is 3.95. The Morgan fingerprint density at radius 2 is 1.08 bits per heavy atom. The minimum atomic E-state index is 1.03. The number of nitrogens with zero attached hydrogens (tertiary/aromatic N) is 2. The molecule has 1 heterocycles. The summed E-state index contributed by atoms with van der Waals surface area (Å²) in [4.78, 5) is 8.62. The Hall–Kier alpha value is -1.45. The van der Waals surface area contributed by atoms with Crippen molar-refractivity contribution in [3.05, 3.63) is 28.0 Å². The van der Waals surface area contributed by atoms with Crippen LogP contribution in [0.5, 0.6) is 0 Å². The van der Waals surface area contributed by atoms with E-state index < -0.39 is 0 Å². The molecule has 0 fully saturated rings. The number of hydrogen-bond donors (Lipinski definition) is 1. The van der Waals surface area contributed by atoms with Crippen LogP contribution in [0.25, 0.3) is 0 Å². The van der Waals surface area contributed by atoms with Crippen LogP contribution < -0.4 is 5.16 Å². The zero-order valence-electron chi connectivity index (χ0n) is 8.51. The second kappa shape index (κ2) is 5.24. The first-order chi connectivity index (χ1) is 6.02. The monoisotopic (exact) mass is 181 g/mol. The van der Waals surface area contributed by atoms with Gasteiger partial charge in [0.05, 0.1) is 22.8 Å². The third-order valence-corrected chi connectivity index (χ3v) is 1.72. The summed E-state index contributed by atoms with van der Waals surface area (Å²) in [5.41, 5.74) is 4.12. The molecule has 0 aromatic carbocycles. The van der Waals surface area contributed by atoms with E-state index in [-0.39, 0.29) is 0 Å². The highest BCUT2D eigenvalue weighted by atomic mass is 16.4. The van der Waals surface area contributed by atoms with Crippen molar-refractivity contribution >= 4 is 6.72 Å². The molecular weight excluding hydrogens is 166 g/mol. The van der Waals surface area contributed by atoms with Gasteiger partial charge in [0.1, 0.15) is 6.72 Å². The number of aromatic nitrogens is 2. The van der Waals surface area contributed by atoms with Gasteiger partial charge in [-0.1, -0.05) is 0 Å². The number of hydrogen-bond acceptors (Lipinski definition) is 3. The first kappa shape index (κ1) is 11.6. The normalized spacial score (nSPS) is 8.62. The Balaban J connectivity index is 0.000000424. The molecule has 72 valence electrons. The Labute approximate surface area is 78.3 Å². The molecule has 0 aliphatic heterocycles. The summed E-state index contributed by atoms with van der Waals surface area (Å²) in [6.07, 6.45) is 0. The van der Waals surface area contributed by atoms with Gasteiger partial charge in [0.2, 0.25) is 0 Å². The minimum Gasteiger partial charge on any atom is -0.626 e. The third-order valence-electron chi connectivity index (χ3n) is 1.72. The fourth-order valence-electron chi connectivity index (χ4n) is 0.827. The predicted octanol–water partition coefficient (Wildman–Crippen LogP) is -0.0243.